The van der Waals surface area contributed by atoms with Crippen LogP contribution < -0.4 is 10.6 Å². The average molecular weight is 397 g/mol. The number of benzene rings is 3. The number of nitrogens with one attached hydrogen (secondary N) is 2. The zero-order chi connectivity index (χ0) is 20.7. The molecule has 152 valence electrons. The molecule has 3 aromatic carbocycles. The molecule has 0 aromatic heterocycles. The average Bonchev–Trinajstić information content (AvgIpc) is 3.28. The summed E-state index contributed by atoms with van der Waals surface area (Å²) in [5.41, 5.74) is 4.29. The normalized spacial score (nSPS) is 22.8. The number of carbonyl (C=O) groups is 1. The summed E-state index contributed by atoms with van der Waals surface area (Å²) < 4.78 is 0. The van der Waals surface area contributed by atoms with E-state index in [0.717, 1.165) is 24.1 Å². The van der Waals surface area contributed by atoms with Gasteiger partial charge in [0.2, 0.25) is 0 Å². The molecule has 1 aliphatic carbocycles. The fraction of sp³-hybridized carbons (Fsp3) is 0.296. The highest BCUT2D eigenvalue weighted by molar-refractivity contribution is 6.01. The Balaban J connectivity index is 1.61. The Bertz CT molecular complexity index is 1130. The molecule has 2 N–H and O–H groups in total. The van der Waals surface area contributed by atoms with Gasteiger partial charge in [-0.15, -0.1) is 0 Å². The van der Waals surface area contributed by atoms with Gasteiger partial charge in [-0.05, 0) is 53.6 Å². The predicted molar refractivity (Wildman–Crippen MR) is 124 cm³/mol. The molecule has 1 amide bonds. The van der Waals surface area contributed by atoms with Crippen LogP contribution in [0.15, 0.2) is 72.8 Å². The molecule has 4 unspecified atom stereocenters. The number of anilines is 1. The summed E-state index contributed by atoms with van der Waals surface area (Å²) in [5, 5.41) is 9.50. The lowest BCUT2D eigenvalue weighted by Gasteiger charge is -2.39. The number of para-hydroxylation sites is 1. The second-order valence-corrected chi connectivity index (χ2v) is 8.60. The molecule has 1 aliphatic heterocycles. The van der Waals surface area contributed by atoms with Gasteiger partial charge in [0, 0.05) is 12.0 Å². The van der Waals surface area contributed by atoms with Gasteiger partial charge in [-0.2, -0.15) is 0 Å². The van der Waals surface area contributed by atoms with Crippen molar-refractivity contribution in [3.63, 3.8) is 0 Å². The first-order chi connectivity index (χ1) is 14.7. The fourth-order valence-electron chi connectivity index (χ4n) is 5.04. The van der Waals surface area contributed by atoms with E-state index >= 15 is 0 Å². The molecule has 0 bridgehead atoms. The summed E-state index contributed by atoms with van der Waals surface area (Å²) in [6.07, 6.45) is 6.60. The SMILES string of the molecule is CCC(C)NC(=O)c1cccc2c1NC(c1cccc3ccccc13)C1CC=CC21. The molecule has 30 heavy (non-hydrogen) atoms. The second-order valence-electron chi connectivity index (χ2n) is 8.60. The molecule has 0 saturated heterocycles. The first-order valence-corrected chi connectivity index (χ1v) is 11.0. The minimum absolute atomic E-state index is 0.00537. The zero-order valence-electron chi connectivity index (χ0n) is 17.6. The van der Waals surface area contributed by atoms with Gasteiger partial charge in [0.05, 0.1) is 17.3 Å². The van der Waals surface area contributed by atoms with Crippen molar-refractivity contribution < 1.29 is 4.79 Å². The Morgan fingerprint density at radius 2 is 1.83 bits per heavy atom. The van der Waals surface area contributed by atoms with Crippen LogP contribution in [0.1, 0.15) is 60.1 Å². The lowest BCUT2D eigenvalue weighted by Crippen LogP contribution is -2.35. The zero-order valence-corrected chi connectivity index (χ0v) is 17.6. The smallest absolute Gasteiger partial charge is 0.253 e. The Morgan fingerprint density at radius 3 is 2.70 bits per heavy atom. The second kappa shape index (κ2) is 7.64. The minimum atomic E-state index is 0.00537. The summed E-state index contributed by atoms with van der Waals surface area (Å²) in [5.74, 6) is 0.795. The maximum Gasteiger partial charge on any atom is 0.253 e. The molecule has 0 radical (unpaired) electrons. The number of allylic oxidation sites excluding steroid dienone is 2. The lowest BCUT2D eigenvalue weighted by molar-refractivity contribution is 0.0939. The van der Waals surface area contributed by atoms with E-state index in [1.807, 2.05) is 12.1 Å². The monoisotopic (exact) mass is 396 g/mol. The molecule has 0 spiro atoms. The third-order valence-corrected chi connectivity index (χ3v) is 6.79. The van der Waals surface area contributed by atoms with E-state index in [-0.39, 0.29) is 18.0 Å². The first-order valence-electron chi connectivity index (χ1n) is 11.0. The van der Waals surface area contributed by atoms with E-state index in [4.69, 9.17) is 0 Å². The van der Waals surface area contributed by atoms with Crippen LogP contribution in [0, 0.1) is 5.92 Å². The summed E-state index contributed by atoms with van der Waals surface area (Å²) in [7, 11) is 0. The van der Waals surface area contributed by atoms with Crippen LogP contribution >= 0.6 is 0 Å². The summed E-state index contributed by atoms with van der Waals surface area (Å²) >= 11 is 0. The third-order valence-electron chi connectivity index (χ3n) is 6.79. The van der Waals surface area contributed by atoms with E-state index in [2.05, 4.69) is 85.2 Å². The van der Waals surface area contributed by atoms with Crippen molar-refractivity contribution in [2.75, 3.05) is 5.32 Å². The van der Waals surface area contributed by atoms with Crippen molar-refractivity contribution in [1.29, 1.82) is 0 Å². The quantitative estimate of drug-likeness (QED) is 0.516. The summed E-state index contributed by atoms with van der Waals surface area (Å²) in [6, 6.07) is 21.6. The Labute approximate surface area is 178 Å². The molecule has 5 rings (SSSR count). The number of fused-ring (bicyclic) bond motifs is 4. The third kappa shape index (κ3) is 3.09. The van der Waals surface area contributed by atoms with Gasteiger partial charge in [0.25, 0.3) is 5.91 Å². The molecular weight excluding hydrogens is 368 g/mol. The van der Waals surface area contributed by atoms with Crippen LogP contribution in [0.4, 0.5) is 5.69 Å². The number of hydrogen-bond acceptors (Lipinski definition) is 2. The molecule has 3 heteroatoms. The van der Waals surface area contributed by atoms with Gasteiger partial charge in [-0.1, -0.05) is 73.7 Å². The van der Waals surface area contributed by atoms with Crippen molar-refractivity contribution in [2.24, 2.45) is 5.92 Å². The van der Waals surface area contributed by atoms with Gasteiger partial charge >= 0.3 is 0 Å². The van der Waals surface area contributed by atoms with Crippen LogP contribution in [-0.2, 0) is 0 Å². The van der Waals surface area contributed by atoms with E-state index in [0.29, 0.717) is 11.8 Å². The molecule has 2 aliphatic rings. The Kier molecular flexibility index (Phi) is 4.82. The standard InChI is InChI=1S/C27H28N2O/c1-3-17(2)28-27(30)24-16-8-15-23-20-12-7-14-22(20)25(29-26(23)24)21-13-6-10-18-9-4-5-11-19(18)21/h4-13,15-17,20,22,25,29H,3,14H2,1-2H3,(H,28,30). The van der Waals surface area contributed by atoms with Gasteiger partial charge in [0.1, 0.15) is 0 Å². The maximum absolute atomic E-state index is 13.1. The Morgan fingerprint density at radius 1 is 1.07 bits per heavy atom. The molecule has 3 aromatic rings. The number of rotatable bonds is 4. The summed E-state index contributed by atoms with van der Waals surface area (Å²) in [4.78, 5) is 13.1. The largest absolute Gasteiger partial charge is 0.377 e. The van der Waals surface area contributed by atoms with E-state index in [9.17, 15) is 4.79 Å². The van der Waals surface area contributed by atoms with Crippen molar-refractivity contribution in [1.82, 2.24) is 5.32 Å². The van der Waals surface area contributed by atoms with Crippen molar-refractivity contribution in [2.45, 2.75) is 44.7 Å². The van der Waals surface area contributed by atoms with Gasteiger partial charge < -0.3 is 10.6 Å². The molecule has 1 heterocycles. The Hall–Kier alpha value is -3.07. The van der Waals surface area contributed by atoms with Crippen LogP contribution in [0.25, 0.3) is 10.8 Å². The van der Waals surface area contributed by atoms with E-state index in [1.165, 1.54) is 21.9 Å². The van der Waals surface area contributed by atoms with Gasteiger partial charge in [-0.3, -0.25) is 4.79 Å². The number of amides is 1. The van der Waals surface area contributed by atoms with Crippen LogP contribution in [-0.4, -0.2) is 11.9 Å². The first kappa shape index (κ1) is 18.9. The van der Waals surface area contributed by atoms with Crippen LogP contribution in [0.2, 0.25) is 0 Å². The molecule has 3 nitrogen and oxygen atoms in total. The fourth-order valence-corrected chi connectivity index (χ4v) is 5.04. The van der Waals surface area contributed by atoms with Crippen molar-refractivity contribution in [3.05, 3.63) is 89.5 Å². The highest BCUT2D eigenvalue weighted by Crippen LogP contribution is 2.51. The van der Waals surface area contributed by atoms with Crippen molar-refractivity contribution >= 4 is 22.4 Å². The predicted octanol–water partition coefficient (Wildman–Crippen LogP) is 6.19. The lowest BCUT2D eigenvalue weighted by atomic mass is 9.75. The number of hydrogen-bond donors (Lipinski definition) is 2. The topological polar surface area (TPSA) is 41.1 Å². The van der Waals surface area contributed by atoms with E-state index < -0.39 is 0 Å². The maximum atomic E-state index is 13.1. The highest BCUT2D eigenvalue weighted by Gasteiger charge is 2.39. The van der Waals surface area contributed by atoms with Gasteiger partial charge in [0.15, 0.2) is 0 Å². The van der Waals surface area contributed by atoms with E-state index in [1.54, 1.807) is 0 Å². The molecule has 4 atom stereocenters. The highest BCUT2D eigenvalue weighted by atomic mass is 16.1. The molecular formula is C27H28N2O. The van der Waals surface area contributed by atoms with Crippen LogP contribution in [0.3, 0.4) is 0 Å². The molecule has 0 fully saturated rings. The molecule has 0 saturated carbocycles. The van der Waals surface area contributed by atoms with Crippen molar-refractivity contribution in [3.8, 4) is 0 Å². The number of carbonyl (C=O) groups excluding carboxylic acids is 1. The van der Waals surface area contributed by atoms with Gasteiger partial charge in [-0.25, -0.2) is 0 Å². The van der Waals surface area contributed by atoms with Crippen LogP contribution in [0.5, 0.6) is 0 Å². The summed E-state index contributed by atoms with van der Waals surface area (Å²) in [6.45, 7) is 4.14. The minimum Gasteiger partial charge on any atom is -0.377 e.